The highest BCUT2D eigenvalue weighted by atomic mass is 16.6. The molecule has 0 aliphatic rings. The fourth-order valence-corrected chi connectivity index (χ4v) is 1.60. The molecule has 2 rings (SSSR count). The second-order valence-corrected chi connectivity index (χ2v) is 3.56. The molecule has 7 nitrogen and oxygen atoms in total. The van der Waals surface area contributed by atoms with Gasteiger partial charge in [0.25, 0.3) is 0 Å². The van der Waals surface area contributed by atoms with Crippen molar-refractivity contribution < 1.29 is 4.63 Å². The van der Waals surface area contributed by atoms with Crippen LogP contribution in [0.15, 0.2) is 17.4 Å². The quantitative estimate of drug-likeness (QED) is 0.748. The lowest BCUT2D eigenvalue weighted by molar-refractivity contribution is 0.291. The molecule has 7 heteroatoms. The van der Waals surface area contributed by atoms with Crippen LogP contribution >= 0.6 is 0 Å². The van der Waals surface area contributed by atoms with Gasteiger partial charge in [-0.25, -0.2) is 15.0 Å². The zero-order valence-corrected chi connectivity index (χ0v) is 9.77. The maximum Gasteiger partial charge on any atom is 0.226 e. The number of anilines is 1. The lowest BCUT2D eigenvalue weighted by Crippen LogP contribution is -2.29. The summed E-state index contributed by atoms with van der Waals surface area (Å²) in [5.74, 6) is 0. The number of fused-ring (bicyclic) bond motifs is 1. The van der Waals surface area contributed by atoms with Gasteiger partial charge in [0.15, 0.2) is 5.52 Å². The third-order valence-corrected chi connectivity index (χ3v) is 2.60. The first kappa shape index (κ1) is 11.3. The van der Waals surface area contributed by atoms with Gasteiger partial charge in [-0.2, -0.15) is 0 Å². The molecule has 0 radical (unpaired) electrons. The minimum absolute atomic E-state index is 0.429. The molecular formula is C10H14N6O. The van der Waals surface area contributed by atoms with Crippen LogP contribution in [0, 0.1) is 6.92 Å². The van der Waals surface area contributed by atoms with E-state index in [1.54, 1.807) is 18.3 Å². The topological polar surface area (TPSA) is 93.1 Å². The number of nitrogens with one attached hydrogen (secondary N) is 1. The molecule has 0 spiro atoms. The van der Waals surface area contributed by atoms with E-state index in [1.807, 2.05) is 6.92 Å². The highest BCUT2D eigenvalue weighted by molar-refractivity contribution is 5.85. The number of hydrogen-bond acceptors (Lipinski definition) is 7. The minimum Gasteiger partial charge on any atom is -0.396 e. The minimum atomic E-state index is 0.429. The van der Waals surface area contributed by atoms with Crippen LogP contribution < -0.4 is 11.2 Å². The van der Waals surface area contributed by atoms with E-state index in [0.717, 1.165) is 11.3 Å². The van der Waals surface area contributed by atoms with E-state index in [4.69, 9.17) is 5.73 Å². The predicted molar refractivity (Wildman–Crippen MR) is 63.5 cm³/mol. The summed E-state index contributed by atoms with van der Waals surface area (Å²) in [5.41, 5.74) is 12.1. The molecular weight excluding hydrogens is 220 g/mol. The summed E-state index contributed by atoms with van der Waals surface area (Å²) in [6, 6.07) is 0. The molecule has 0 amide bonds. The summed E-state index contributed by atoms with van der Waals surface area (Å²) in [6.45, 7) is 6.12. The highest BCUT2D eigenvalue weighted by Crippen LogP contribution is 2.23. The van der Waals surface area contributed by atoms with Crippen LogP contribution in [-0.4, -0.2) is 27.4 Å². The van der Waals surface area contributed by atoms with Crippen molar-refractivity contribution in [2.24, 2.45) is 0 Å². The molecule has 0 saturated carbocycles. The van der Waals surface area contributed by atoms with Crippen molar-refractivity contribution in [3.63, 3.8) is 0 Å². The van der Waals surface area contributed by atoms with Crippen molar-refractivity contribution in [2.75, 3.05) is 12.8 Å². The van der Waals surface area contributed by atoms with Crippen molar-refractivity contribution in [3.8, 4) is 0 Å². The van der Waals surface area contributed by atoms with Crippen molar-refractivity contribution in [1.29, 1.82) is 0 Å². The molecule has 0 atom stereocenters. The fraction of sp³-hybridized carbons (Fsp3) is 0.300. The van der Waals surface area contributed by atoms with Crippen molar-refractivity contribution in [1.82, 2.24) is 25.7 Å². The molecule has 0 saturated heterocycles. The first-order valence-electron chi connectivity index (χ1n) is 5.11. The Morgan fingerprint density at radius 1 is 1.53 bits per heavy atom. The maximum absolute atomic E-state index is 6.03. The van der Waals surface area contributed by atoms with Gasteiger partial charge in [-0.1, -0.05) is 6.58 Å². The van der Waals surface area contributed by atoms with Crippen LogP contribution in [0.5, 0.6) is 0 Å². The molecule has 3 N–H and O–H groups in total. The van der Waals surface area contributed by atoms with Crippen molar-refractivity contribution in [3.05, 3.63) is 24.0 Å². The van der Waals surface area contributed by atoms with Crippen LogP contribution in [0.2, 0.25) is 0 Å². The van der Waals surface area contributed by atoms with Gasteiger partial charge >= 0.3 is 0 Å². The molecule has 0 aliphatic carbocycles. The maximum atomic E-state index is 6.03. The number of nitrogens with zero attached hydrogens (tertiary/aromatic N) is 4. The van der Waals surface area contributed by atoms with Gasteiger partial charge in [0.2, 0.25) is 5.65 Å². The zero-order valence-electron chi connectivity index (χ0n) is 9.77. The van der Waals surface area contributed by atoms with Gasteiger partial charge < -0.3 is 10.7 Å². The van der Waals surface area contributed by atoms with Gasteiger partial charge in [0.05, 0.1) is 12.2 Å². The van der Waals surface area contributed by atoms with Crippen LogP contribution in [0.3, 0.4) is 0 Å². The smallest absolute Gasteiger partial charge is 0.226 e. The lowest BCUT2D eigenvalue weighted by atomic mass is 10.1. The van der Waals surface area contributed by atoms with E-state index in [1.165, 1.54) is 0 Å². The average molecular weight is 234 g/mol. The zero-order chi connectivity index (χ0) is 12.4. The summed E-state index contributed by atoms with van der Waals surface area (Å²) in [4.78, 5) is 4.28. The largest absolute Gasteiger partial charge is 0.396 e. The van der Waals surface area contributed by atoms with Gasteiger partial charge in [0.1, 0.15) is 0 Å². The Balaban J connectivity index is 2.48. The Morgan fingerprint density at radius 3 is 2.94 bits per heavy atom. The molecule has 2 aromatic rings. The van der Waals surface area contributed by atoms with Gasteiger partial charge in [-0.3, -0.25) is 0 Å². The molecule has 2 heterocycles. The fourth-order valence-electron chi connectivity index (χ4n) is 1.60. The van der Waals surface area contributed by atoms with E-state index < -0.39 is 0 Å². The van der Waals surface area contributed by atoms with E-state index in [-0.39, 0.29) is 0 Å². The van der Waals surface area contributed by atoms with Crippen LogP contribution in [0.1, 0.15) is 11.3 Å². The second-order valence-electron chi connectivity index (χ2n) is 3.56. The van der Waals surface area contributed by atoms with Crippen LogP contribution in [0.25, 0.3) is 11.2 Å². The van der Waals surface area contributed by atoms with E-state index >= 15 is 0 Å². The van der Waals surface area contributed by atoms with Crippen LogP contribution in [-0.2, 0) is 6.54 Å². The molecule has 17 heavy (non-hydrogen) atoms. The first-order valence-corrected chi connectivity index (χ1v) is 5.11. The Kier molecular flexibility index (Phi) is 2.92. The van der Waals surface area contributed by atoms with Crippen molar-refractivity contribution in [2.45, 2.75) is 13.5 Å². The normalized spacial score (nSPS) is 10.7. The molecule has 0 aromatic carbocycles. The first-order chi connectivity index (χ1) is 8.17. The third-order valence-electron chi connectivity index (χ3n) is 2.60. The number of rotatable bonds is 4. The van der Waals surface area contributed by atoms with Gasteiger partial charge in [-0.05, 0) is 17.2 Å². The predicted octanol–water partition coefficient (Wildman–Crippen LogP) is 0.588. The number of nitrogen functional groups attached to an aromatic ring is 1. The summed E-state index contributed by atoms with van der Waals surface area (Å²) >= 11 is 0. The van der Waals surface area contributed by atoms with Gasteiger partial charge in [0, 0.05) is 24.5 Å². The number of aromatic nitrogens is 3. The molecule has 90 valence electrons. The van der Waals surface area contributed by atoms with E-state index in [0.29, 0.717) is 23.4 Å². The Hall–Kier alpha value is -2.15. The molecule has 2 aromatic heterocycles. The Bertz CT molecular complexity index is 549. The Morgan fingerprint density at radius 2 is 2.29 bits per heavy atom. The number of hydrogen-bond donors (Lipinski definition) is 2. The van der Waals surface area contributed by atoms with Crippen LogP contribution in [0.4, 0.5) is 5.69 Å². The van der Waals surface area contributed by atoms with E-state index in [2.05, 4.69) is 31.9 Å². The number of nitrogens with two attached hydrogens (primary N) is 1. The summed E-state index contributed by atoms with van der Waals surface area (Å²) in [5, 5.41) is 9.21. The average Bonchev–Trinajstić information content (AvgIpc) is 2.77. The monoisotopic (exact) mass is 234 g/mol. The highest BCUT2D eigenvalue weighted by Gasteiger charge is 2.15. The summed E-state index contributed by atoms with van der Waals surface area (Å²) in [7, 11) is 1.80. The molecule has 0 bridgehead atoms. The number of pyridine rings is 1. The molecule has 0 unspecified atom stereocenters. The number of aryl methyl sites for hydroxylation is 1. The van der Waals surface area contributed by atoms with Crippen molar-refractivity contribution >= 4 is 16.9 Å². The second kappa shape index (κ2) is 4.38. The third kappa shape index (κ3) is 1.92. The lowest BCUT2D eigenvalue weighted by Gasteiger charge is -2.20. The Labute approximate surface area is 98.2 Å². The molecule has 0 aliphatic heterocycles. The molecule has 0 fully saturated rings. The SMILES string of the molecule is C=CN(Cc1c(C)nc2nonc2c1N)NC. The van der Waals surface area contributed by atoms with Gasteiger partial charge in [-0.15, -0.1) is 0 Å². The summed E-state index contributed by atoms with van der Waals surface area (Å²) in [6.07, 6.45) is 1.67. The standard InChI is InChI=1S/C10H14N6O/c1-4-16(12-3)5-7-6(2)13-10-9(8(7)11)14-17-15-10/h4,12H,1,5,11H2,2-3H3. The van der Waals surface area contributed by atoms with E-state index in [9.17, 15) is 0 Å². The number of hydrazine groups is 1. The summed E-state index contributed by atoms with van der Waals surface area (Å²) < 4.78 is 4.62.